The number of hydrogen-bond acceptors (Lipinski definition) is 5. The highest BCUT2D eigenvalue weighted by atomic mass is 35.5. The van der Waals surface area contributed by atoms with E-state index in [4.69, 9.17) is 11.6 Å². The highest BCUT2D eigenvalue weighted by Gasteiger charge is 2.15. The van der Waals surface area contributed by atoms with Crippen molar-refractivity contribution >= 4 is 34.4 Å². The minimum atomic E-state index is -0.441. The van der Waals surface area contributed by atoms with Crippen LogP contribution in [0.4, 0.5) is 11.5 Å². The van der Waals surface area contributed by atoms with E-state index in [1.807, 2.05) is 6.07 Å². The van der Waals surface area contributed by atoms with Gasteiger partial charge in [0.25, 0.3) is 0 Å². The summed E-state index contributed by atoms with van der Waals surface area (Å²) in [5.41, 5.74) is 0.740. The Labute approximate surface area is 113 Å². The molecule has 0 fully saturated rings. The molecule has 0 bridgehead atoms. The van der Waals surface area contributed by atoms with Crippen LogP contribution >= 0.6 is 22.9 Å². The smallest absolute Gasteiger partial charge is 0.311 e. The molecule has 0 aliphatic carbocycles. The van der Waals surface area contributed by atoms with Crippen molar-refractivity contribution in [2.75, 3.05) is 5.32 Å². The third-order valence-corrected chi connectivity index (χ3v) is 3.49. The van der Waals surface area contributed by atoms with Crippen molar-refractivity contribution in [2.45, 2.75) is 13.5 Å². The van der Waals surface area contributed by atoms with Crippen LogP contribution in [0, 0.1) is 17.0 Å². The van der Waals surface area contributed by atoms with Crippen LogP contribution in [0.5, 0.6) is 0 Å². The van der Waals surface area contributed by atoms with Crippen LogP contribution in [-0.2, 0) is 6.54 Å². The summed E-state index contributed by atoms with van der Waals surface area (Å²) < 4.78 is 0.693. The molecular formula is C11H10ClN3O2S. The lowest BCUT2D eigenvalue weighted by Crippen LogP contribution is -2.04. The number of nitrogens with zero attached hydrogens (tertiary/aromatic N) is 2. The van der Waals surface area contributed by atoms with Crippen LogP contribution in [0.3, 0.4) is 0 Å². The molecule has 0 saturated heterocycles. The van der Waals surface area contributed by atoms with Crippen molar-refractivity contribution in [3.8, 4) is 0 Å². The van der Waals surface area contributed by atoms with Crippen molar-refractivity contribution in [3.63, 3.8) is 0 Å². The third-order valence-electron chi connectivity index (χ3n) is 2.26. The van der Waals surface area contributed by atoms with E-state index in [-0.39, 0.29) is 11.5 Å². The van der Waals surface area contributed by atoms with Gasteiger partial charge in [0.05, 0.1) is 15.8 Å². The molecule has 2 heterocycles. The van der Waals surface area contributed by atoms with Gasteiger partial charge in [-0.05, 0) is 24.6 Å². The summed E-state index contributed by atoms with van der Waals surface area (Å²) in [5, 5.41) is 13.8. The number of nitrogens with one attached hydrogen (secondary N) is 1. The van der Waals surface area contributed by atoms with Crippen molar-refractivity contribution in [3.05, 3.63) is 49.3 Å². The highest BCUT2D eigenvalue weighted by Crippen LogP contribution is 2.25. The van der Waals surface area contributed by atoms with E-state index in [0.29, 0.717) is 10.9 Å². The van der Waals surface area contributed by atoms with E-state index < -0.39 is 4.92 Å². The topological polar surface area (TPSA) is 68.1 Å². The summed E-state index contributed by atoms with van der Waals surface area (Å²) >= 11 is 7.24. The monoisotopic (exact) mass is 283 g/mol. The maximum atomic E-state index is 10.9. The van der Waals surface area contributed by atoms with Gasteiger partial charge in [0.2, 0.25) is 5.82 Å². The fraction of sp³-hybridized carbons (Fsp3) is 0.182. The molecule has 2 rings (SSSR count). The van der Waals surface area contributed by atoms with Crippen LogP contribution < -0.4 is 5.32 Å². The quantitative estimate of drug-likeness (QED) is 0.687. The zero-order valence-corrected chi connectivity index (χ0v) is 11.1. The van der Waals surface area contributed by atoms with Crippen LogP contribution in [0.2, 0.25) is 4.34 Å². The van der Waals surface area contributed by atoms with Gasteiger partial charge in [-0.25, -0.2) is 4.98 Å². The van der Waals surface area contributed by atoms with Crippen LogP contribution in [0.1, 0.15) is 10.4 Å². The molecule has 0 radical (unpaired) electrons. The summed E-state index contributed by atoms with van der Waals surface area (Å²) in [6.45, 7) is 2.23. The fourth-order valence-electron chi connectivity index (χ4n) is 1.45. The van der Waals surface area contributed by atoms with Gasteiger partial charge < -0.3 is 5.32 Å². The molecule has 0 unspecified atom stereocenters. The Morgan fingerprint density at radius 2 is 2.33 bits per heavy atom. The van der Waals surface area contributed by atoms with E-state index in [1.54, 1.807) is 19.2 Å². The molecule has 2 aromatic heterocycles. The van der Waals surface area contributed by atoms with Gasteiger partial charge >= 0.3 is 5.69 Å². The van der Waals surface area contributed by atoms with E-state index in [2.05, 4.69) is 10.3 Å². The zero-order chi connectivity index (χ0) is 13.1. The van der Waals surface area contributed by atoms with Gasteiger partial charge in [0, 0.05) is 17.1 Å². The molecule has 0 spiro atoms. The molecular weight excluding hydrogens is 274 g/mol. The number of hydrogen-bond donors (Lipinski definition) is 1. The van der Waals surface area contributed by atoms with E-state index in [1.165, 1.54) is 17.4 Å². The number of halogens is 1. The average molecular weight is 284 g/mol. The number of anilines is 1. The van der Waals surface area contributed by atoms with E-state index >= 15 is 0 Å². The Kier molecular flexibility index (Phi) is 3.78. The molecule has 0 aromatic carbocycles. The summed E-state index contributed by atoms with van der Waals surface area (Å²) in [7, 11) is 0. The first-order valence-electron chi connectivity index (χ1n) is 5.15. The van der Waals surface area contributed by atoms with Crippen molar-refractivity contribution in [2.24, 2.45) is 0 Å². The molecule has 0 aliphatic heterocycles. The standard InChI is InChI=1S/C11H10ClN3O2S/c1-7-4-9(15(16)17)11(13-5-7)14-6-8-2-3-10(12)18-8/h2-5H,6H2,1H3,(H,13,14). The van der Waals surface area contributed by atoms with Crippen molar-refractivity contribution in [1.82, 2.24) is 4.98 Å². The van der Waals surface area contributed by atoms with E-state index in [0.717, 1.165) is 10.4 Å². The maximum Gasteiger partial charge on any atom is 0.311 e. The van der Waals surface area contributed by atoms with Crippen molar-refractivity contribution in [1.29, 1.82) is 0 Å². The lowest BCUT2D eigenvalue weighted by molar-refractivity contribution is -0.384. The molecule has 5 nitrogen and oxygen atoms in total. The number of nitro groups is 1. The predicted octanol–water partition coefficient (Wildman–Crippen LogP) is 3.63. The van der Waals surface area contributed by atoms with Gasteiger partial charge in [0.1, 0.15) is 0 Å². The Bertz CT molecular complexity index is 585. The second-order valence-corrected chi connectivity index (χ2v) is 5.50. The number of thiophene rings is 1. The number of pyridine rings is 1. The fourth-order valence-corrected chi connectivity index (χ4v) is 2.47. The van der Waals surface area contributed by atoms with Gasteiger partial charge in [-0.1, -0.05) is 11.6 Å². The molecule has 0 amide bonds. The third kappa shape index (κ3) is 2.96. The van der Waals surface area contributed by atoms with Gasteiger partial charge in [-0.2, -0.15) is 0 Å². The molecule has 0 saturated carbocycles. The maximum absolute atomic E-state index is 10.9. The lowest BCUT2D eigenvalue weighted by atomic mass is 10.3. The Morgan fingerprint density at radius 1 is 1.56 bits per heavy atom. The molecule has 0 atom stereocenters. The summed E-state index contributed by atoms with van der Waals surface area (Å²) in [6, 6.07) is 5.16. The second-order valence-electron chi connectivity index (χ2n) is 3.70. The molecule has 1 N–H and O–H groups in total. The lowest BCUT2D eigenvalue weighted by Gasteiger charge is -2.05. The molecule has 7 heteroatoms. The SMILES string of the molecule is Cc1cnc(NCc2ccc(Cl)s2)c([N+](=O)[O-])c1. The first kappa shape index (κ1) is 12.8. The normalized spacial score (nSPS) is 10.3. The zero-order valence-electron chi connectivity index (χ0n) is 9.51. The molecule has 2 aromatic rings. The first-order valence-corrected chi connectivity index (χ1v) is 6.35. The number of rotatable bonds is 4. The van der Waals surface area contributed by atoms with Crippen LogP contribution in [0.25, 0.3) is 0 Å². The number of aromatic nitrogens is 1. The highest BCUT2D eigenvalue weighted by molar-refractivity contribution is 7.16. The van der Waals surface area contributed by atoms with Crippen LogP contribution in [0.15, 0.2) is 24.4 Å². The first-order chi connectivity index (χ1) is 8.56. The largest absolute Gasteiger partial charge is 0.359 e. The molecule has 18 heavy (non-hydrogen) atoms. The van der Waals surface area contributed by atoms with E-state index in [9.17, 15) is 10.1 Å². The van der Waals surface area contributed by atoms with Gasteiger partial charge in [-0.3, -0.25) is 10.1 Å². The summed E-state index contributed by atoms with van der Waals surface area (Å²) in [4.78, 5) is 15.5. The van der Waals surface area contributed by atoms with Gasteiger partial charge in [0.15, 0.2) is 0 Å². The second kappa shape index (κ2) is 5.32. The molecule has 94 valence electrons. The average Bonchev–Trinajstić information content (AvgIpc) is 2.73. The van der Waals surface area contributed by atoms with Crippen LogP contribution in [-0.4, -0.2) is 9.91 Å². The predicted molar refractivity (Wildman–Crippen MR) is 72.3 cm³/mol. The summed E-state index contributed by atoms with van der Waals surface area (Å²) in [5.74, 6) is 0.273. The summed E-state index contributed by atoms with van der Waals surface area (Å²) in [6.07, 6.45) is 1.59. The minimum absolute atomic E-state index is 0.0161. The minimum Gasteiger partial charge on any atom is -0.359 e. The Morgan fingerprint density at radius 3 is 2.94 bits per heavy atom. The molecule has 0 aliphatic rings. The van der Waals surface area contributed by atoms with Gasteiger partial charge in [-0.15, -0.1) is 11.3 Å². The Hall–Kier alpha value is -1.66. The number of aryl methyl sites for hydroxylation is 1. The Balaban J connectivity index is 2.16. The van der Waals surface area contributed by atoms with Crippen molar-refractivity contribution < 1.29 is 4.92 Å².